The van der Waals surface area contributed by atoms with Gasteiger partial charge in [-0.15, -0.1) is 0 Å². The molecule has 0 atom stereocenters. The molecule has 0 bridgehead atoms. The summed E-state index contributed by atoms with van der Waals surface area (Å²) >= 11 is 0.859. The van der Waals surface area contributed by atoms with Crippen LogP contribution in [0.15, 0.2) is 30.3 Å². The van der Waals surface area contributed by atoms with Gasteiger partial charge in [-0.3, -0.25) is 0 Å². The summed E-state index contributed by atoms with van der Waals surface area (Å²) in [5, 5.41) is 11.3. The first kappa shape index (κ1) is 10.7. The van der Waals surface area contributed by atoms with Gasteiger partial charge in [0.15, 0.2) is 0 Å². The Morgan fingerprint density at radius 2 is 1.85 bits per heavy atom. The Balaban J connectivity index is 0.000000845. The molecule has 1 heterocycles. The van der Waals surface area contributed by atoms with E-state index in [0.717, 1.165) is 36.7 Å². The molecule has 2 rings (SSSR count). The van der Waals surface area contributed by atoms with E-state index in [9.17, 15) is 0 Å². The van der Waals surface area contributed by atoms with Gasteiger partial charge in [-0.1, -0.05) is 0 Å². The van der Waals surface area contributed by atoms with Crippen molar-refractivity contribution in [1.82, 2.24) is 20.2 Å². The summed E-state index contributed by atoms with van der Waals surface area (Å²) < 4.78 is 2.69. The zero-order valence-corrected chi connectivity index (χ0v) is 9.90. The molecule has 60 valence electrons. The van der Waals surface area contributed by atoms with Crippen molar-refractivity contribution in [2.75, 3.05) is 0 Å². The van der Waals surface area contributed by atoms with Crippen molar-refractivity contribution in [1.29, 1.82) is 0 Å². The number of nitrogens with zero attached hydrogens (tertiary/aromatic N) is 4. The standard InChI is InChI=1S/C7H5N4.Na.S/c1-2-4-7(5-3-1)11-6-8-9-10-11;;/h1-5H;;. The minimum atomic E-state index is 0. The smallest absolute Gasteiger partial charge is 0 e. The molecule has 1 aromatic carbocycles. The molecule has 0 spiro atoms. The van der Waals surface area contributed by atoms with E-state index in [-0.39, 0.29) is 13.5 Å². The average Bonchev–Trinajstić information content (AvgIpc) is 2.53. The number of hydrogen-bond acceptors (Lipinski definition) is 3. The van der Waals surface area contributed by atoms with Gasteiger partial charge < -0.3 is 0 Å². The first-order valence-corrected chi connectivity index (χ1v) is 4.68. The van der Waals surface area contributed by atoms with Crippen LogP contribution in [0, 0.1) is 0 Å². The summed E-state index contributed by atoms with van der Waals surface area (Å²) in [7, 11) is 0. The number of benzene rings is 1. The Labute approximate surface area is 100 Å². The molecular weight excluding hydrogens is 195 g/mol. The summed E-state index contributed by atoms with van der Waals surface area (Å²) in [6.07, 6.45) is 0. The predicted molar refractivity (Wildman–Crippen MR) is 52.1 cm³/mol. The Hall–Kier alpha value is -0.360. The van der Waals surface area contributed by atoms with E-state index < -0.39 is 0 Å². The van der Waals surface area contributed by atoms with E-state index in [1.807, 2.05) is 30.3 Å². The zero-order valence-electron chi connectivity index (χ0n) is 7.08. The Morgan fingerprint density at radius 3 is 2.38 bits per heavy atom. The monoisotopic (exact) mass is 200 g/mol. The normalized spacial score (nSPS) is 9.38. The van der Waals surface area contributed by atoms with Crippen LogP contribution < -0.4 is 3.07 Å². The SMILES string of the molecule is [Na][c]1nnnn1-c1ccccc1.[S]. The summed E-state index contributed by atoms with van der Waals surface area (Å²) in [5.41, 5.74) is 1.02. The fraction of sp³-hybridized carbons (Fsp3) is 0. The van der Waals surface area contributed by atoms with Gasteiger partial charge in [0.1, 0.15) is 0 Å². The summed E-state index contributed by atoms with van der Waals surface area (Å²) in [6.45, 7) is 0. The molecule has 4 nitrogen and oxygen atoms in total. The molecule has 13 heavy (non-hydrogen) atoms. The maximum atomic E-state index is 3.88. The average molecular weight is 200 g/mol. The largest absolute Gasteiger partial charge is 0 e. The van der Waals surface area contributed by atoms with Crippen molar-refractivity contribution in [3.05, 3.63) is 30.3 Å². The van der Waals surface area contributed by atoms with E-state index in [4.69, 9.17) is 0 Å². The van der Waals surface area contributed by atoms with Crippen LogP contribution in [0.4, 0.5) is 0 Å². The fourth-order valence-corrected chi connectivity index (χ4v) is 1.48. The molecule has 6 heteroatoms. The molecule has 0 aliphatic rings. The van der Waals surface area contributed by atoms with E-state index in [2.05, 4.69) is 15.5 Å². The minimum absolute atomic E-state index is 0. The van der Waals surface area contributed by atoms with E-state index in [0.29, 0.717) is 0 Å². The quantitative estimate of drug-likeness (QED) is 0.613. The van der Waals surface area contributed by atoms with Gasteiger partial charge in [0, 0.05) is 13.5 Å². The van der Waals surface area contributed by atoms with Crippen molar-refractivity contribution in [2.45, 2.75) is 0 Å². The number of para-hydroxylation sites is 1. The van der Waals surface area contributed by atoms with Crippen LogP contribution in [0.1, 0.15) is 0 Å². The first-order chi connectivity index (χ1) is 5.88. The maximum Gasteiger partial charge on any atom is 0 e. The Morgan fingerprint density at radius 1 is 1.15 bits per heavy atom. The first-order valence-electron chi connectivity index (χ1n) is 3.68. The van der Waals surface area contributed by atoms with Gasteiger partial charge in [-0.2, -0.15) is 0 Å². The summed E-state index contributed by atoms with van der Waals surface area (Å²) in [4.78, 5) is 0. The van der Waals surface area contributed by atoms with Gasteiger partial charge in [0.25, 0.3) is 0 Å². The topological polar surface area (TPSA) is 43.6 Å². The summed E-state index contributed by atoms with van der Waals surface area (Å²) in [6, 6.07) is 9.88. The maximum absolute atomic E-state index is 3.88. The third-order valence-electron chi connectivity index (χ3n) is 1.63. The predicted octanol–water partition coefficient (Wildman–Crippen LogP) is 0.104. The molecule has 0 saturated heterocycles. The zero-order chi connectivity index (χ0) is 8.39. The number of hydrogen-bond donors (Lipinski definition) is 0. The summed E-state index contributed by atoms with van der Waals surface area (Å²) in [5.74, 6) is 0. The van der Waals surface area contributed by atoms with Gasteiger partial charge in [0.05, 0.1) is 0 Å². The second-order valence-corrected chi connectivity index (χ2v) is 3.37. The van der Waals surface area contributed by atoms with Crippen LogP contribution in [0.25, 0.3) is 5.69 Å². The molecule has 0 saturated carbocycles. The van der Waals surface area contributed by atoms with Crippen molar-refractivity contribution >= 4 is 44.5 Å². The van der Waals surface area contributed by atoms with Crippen LogP contribution in [-0.4, -0.2) is 48.1 Å². The van der Waals surface area contributed by atoms with E-state index >= 15 is 0 Å². The molecule has 0 aliphatic heterocycles. The molecule has 0 aliphatic carbocycles. The van der Waals surface area contributed by atoms with Crippen LogP contribution in [0.3, 0.4) is 0 Å². The van der Waals surface area contributed by atoms with Crippen LogP contribution >= 0.6 is 13.5 Å². The van der Waals surface area contributed by atoms with Gasteiger partial charge in [-0.25, -0.2) is 0 Å². The second kappa shape index (κ2) is 4.76. The molecular formula is C7H5N4NaS. The minimum Gasteiger partial charge on any atom is 0 e. The van der Waals surface area contributed by atoms with Crippen molar-refractivity contribution in [2.24, 2.45) is 0 Å². The van der Waals surface area contributed by atoms with Crippen molar-refractivity contribution < 1.29 is 0 Å². The number of tetrazole rings is 1. The molecule has 0 amide bonds. The molecule has 2 radical (unpaired) electrons. The number of aromatic nitrogens is 4. The number of rotatable bonds is 1. The van der Waals surface area contributed by atoms with Gasteiger partial charge in [-0.05, 0) is 0 Å². The van der Waals surface area contributed by atoms with E-state index in [1.54, 1.807) is 4.68 Å². The third-order valence-corrected chi connectivity index (χ3v) is 2.25. The fourth-order valence-electron chi connectivity index (χ4n) is 1.04. The molecule has 1 aromatic heterocycles. The Bertz CT molecular complexity index is 375. The van der Waals surface area contributed by atoms with Crippen LogP contribution in [0.2, 0.25) is 0 Å². The molecule has 0 fully saturated rings. The molecule has 0 N–H and O–H groups in total. The van der Waals surface area contributed by atoms with Crippen molar-refractivity contribution in [3.63, 3.8) is 0 Å². The Kier molecular flexibility index (Phi) is 3.92. The van der Waals surface area contributed by atoms with Crippen LogP contribution in [-0.2, 0) is 0 Å². The van der Waals surface area contributed by atoms with Crippen LogP contribution in [0.5, 0.6) is 0 Å². The van der Waals surface area contributed by atoms with Crippen molar-refractivity contribution in [3.8, 4) is 5.69 Å². The molecule has 2 aromatic rings. The third kappa shape index (κ3) is 2.31. The van der Waals surface area contributed by atoms with E-state index in [1.165, 1.54) is 0 Å². The van der Waals surface area contributed by atoms with Gasteiger partial charge in [0.2, 0.25) is 0 Å². The second-order valence-electron chi connectivity index (χ2n) is 2.47. The van der Waals surface area contributed by atoms with Gasteiger partial charge >= 0.3 is 87.2 Å². The molecule has 0 unspecified atom stereocenters.